The van der Waals surface area contributed by atoms with Crippen LogP contribution in [0.4, 0.5) is 23.4 Å². The second-order valence-electron chi connectivity index (χ2n) is 3.97. The standard InChI is InChI=1S/C11H6ClF4N3O2S/c12-9-4-18-10(5-17-9)19-22(20,21)6-1-2-8(13)7(3-6)11(14,15)16/h1-5H,(H,18,19). The fourth-order valence-corrected chi connectivity index (χ4v) is 2.57. The van der Waals surface area contributed by atoms with E-state index in [2.05, 4.69) is 9.97 Å². The molecule has 1 N–H and O–H groups in total. The van der Waals surface area contributed by atoms with Gasteiger partial charge in [0.15, 0.2) is 5.82 Å². The van der Waals surface area contributed by atoms with Crippen LogP contribution in [0.3, 0.4) is 0 Å². The predicted octanol–water partition coefficient (Wildman–Crippen LogP) is 3.09. The smallest absolute Gasteiger partial charge is 0.262 e. The minimum atomic E-state index is -5.02. The second kappa shape index (κ2) is 5.69. The van der Waals surface area contributed by atoms with Crippen LogP contribution in [-0.4, -0.2) is 18.4 Å². The highest BCUT2D eigenvalue weighted by Crippen LogP contribution is 2.33. The first-order valence-corrected chi connectivity index (χ1v) is 7.33. The monoisotopic (exact) mass is 355 g/mol. The lowest BCUT2D eigenvalue weighted by atomic mass is 10.2. The number of sulfonamides is 1. The zero-order valence-electron chi connectivity index (χ0n) is 10.4. The van der Waals surface area contributed by atoms with Crippen molar-refractivity contribution in [2.24, 2.45) is 0 Å². The summed E-state index contributed by atoms with van der Waals surface area (Å²) in [5.41, 5.74) is -1.68. The van der Waals surface area contributed by atoms with E-state index >= 15 is 0 Å². The molecule has 0 saturated heterocycles. The molecule has 1 aromatic heterocycles. The molecule has 22 heavy (non-hydrogen) atoms. The largest absolute Gasteiger partial charge is 0.419 e. The van der Waals surface area contributed by atoms with E-state index in [1.807, 2.05) is 4.72 Å². The molecule has 0 unspecified atom stereocenters. The fourth-order valence-electron chi connectivity index (χ4n) is 1.45. The van der Waals surface area contributed by atoms with Crippen LogP contribution in [0.15, 0.2) is 35.5 Å². The molecule has 0 spiro atoms. The molecule has 1 heterocycles. The number of nitrogens with zero attached hydrogens (tertiary/aromatic N) is 2. The van der Waals surface area contributed by atoms with Crippen LogP contribution in [0.1, 0.15) is 5.56 Å². The zero-order valence-corrected chi connectivity index (χ0v) is 12.0. The quantitative estimate of drug-likeness (QED) is 0.859. The van der Waals surface area contributed by atoms with E-state index in [0.29, 0.717) is 12.1 Å². The Bertz CT molecular complexity index is 794. The Kier molecular flexibility index (Phi) is 4.25. The number of benzene rings is 1. The summed E-state index contributed by atoms with van der Waals surface area (Å²) in [6, 6.07) is 1.32. The highest BCUT2D eigenvalue weighted by Gasteiger charge is 2.35. The van der Waals surface area contributed by atoms with Crippen LogP contribution in [0, 0.1) is 5.82 Å². The molecule has 0 atom stereocenters. The van der Waals surface area contributed by atoms with Crippen molar-refractivity contribution in [2.45, 2.75) is 11.1 Å². The highest BCUT2D eigenvalue weighted by atomic mass is 35.5. The summed E-state index contributed by atoms with van der Waals surface area (Å²) >= 11 is 5.47. The second-order valence-corrected chi connectivity index (χ2v) is 6.04. The van der Waals surface area contributed by atoms with Gasteiger partial charge in [-0.3, -0.25) is 4.72 Å². The molecule has 2 rings (SSSR count). The number of aromatic nitrogens is 2. The third-order valence-electron chi connectivity index (χ3n) is 2.41. The van der Waals surface area contributed by atoms with Crippen molar-refractivity contribution in [1.29, 1.82) is 0 Å². The van der Waals surface area contributed by atoms with E-state index in [1.165, 1.54) is 0 Å². The van der Waals surface area contributed by atoms with Gasteiger partial charge in [-0.25, -0.2) is 22.8 Å². The van der Waals surface area contributed by atoms with Crippen LogP contribution in [0.2, 0.25) is 5.15 Å². The summed E-state index contributed by atoms with van der Waals surface area (Å²) in [4.78, 5) is 6.39. The number of halogens is 5. The van der Waals surface area contributed by atoms with Gasteiger partial charge >= 0.3 is 6.18 Å². The average molecular weight is 356 g/mol. The van der Waals surface area contributed by atoms with Gasteiger partial charge in [-0.2, -0.15) is 13.2 Å². The lowest BCUT2D eigenvalue weighted by Gasteiger charge is -2.11. The number of alkyl halides is 3. The van der Waals surface area contributed by atoms with Gasteiger partial charge in [0.1, 0.15) is 11.0 Å². The summed E-state index contributed by atoms with van der Waals surface area (Å²) in [5.74, 6) is -1.82. The molecule has 0 aliphatic heterocycles. The summed E-state index contributed by atoms with van der Waals surface area (Å²) in [7, 11) is -4.39. The maximum Gasteiger partial charge on any atom is 0.419 e. The summed E-state index contributed by atoms with van der Waals surface area (Å²) < 4.78 is 76.8. The Morgan fingerprint density at radius 1 is 1.14 bits per heavy atom. The minimum absolute atomic E-state index is 0.00379. The SMILES string of the molecule is O=S(=O)(Nc1cnc(Cl)cn1)c1ccc(F)c(C(F)(F)F)c1. The summed E-state index contributed by atoms with van der Waals surface area (Å²) in [6.45, 7) is 0. The number of rotatable bonds is 3. The molecule has 0 amide bonds. The van der Waals surface area contributed by atoms with E-state index in [1.54, 1.807) is 0 Å². The third-order valence-corrected chi connectivity index (χ3v) is 3.96. The first kappa shape index (κ1) is 16.4. The molecule has 11 heteroatoms. The van der Waals surface area contributed by atoms with Crippen molar-refractivity contribution in [3.63, 3.8) is 0 Å². The highest BCUT2D eigenvalue weighted by molar-refractivity contribution is 7.92. The summed E-state index contributed by atoms with van der Waals surface area (Å²) in [5, 5.41) is 0.00379. The Hall–Kier alpha value is -1.94. The van der Waals surface area contributed by atoms with Crippen molar-refractivity contribution in [3.8, 4) is 0 Å². The third kappa shape index (κ3) is 3.63. The Morgan fingerprint density at radius 3 is 2.36 bits per heavy atom. The van der Waals surface area contributed by atoms with Gasteiger partial charge in [0.2, 0.25) is 0 Å². The maximum atomic E-state index is 13.2. The Balaban J connectivity index is 2.39. The van der Waals surface area contributed by atoms with Gasteiger partial charge in [0, 0.05) is 0 Å². The Morgan fingerprint density at radius 2 is 1.82 bits per heavy atom. The molecule has 0 radical (unpaired) electrons. The Labute approximate surface area is 127 Å². The molecule has 0 aliphatic rings. The fraction of sp³-hybridized carbons (Fsp3) is 0.0909. The van der Waals surface area contributed by atoms with E-state index in [4.69, 9.17) is 11.6 Å². The number of hydrogen-bond acceptors (Lipinski definition) is 4. The molecule has 118 valence electrons. The van der Waals surface area contributed by atoms with Gasteiger partial charge < -0.3 is 0 Å². The topological polar surface area (TPSA) is 72.0 Å². The van der Waals surface area contributed by atoms with E-state index < -0.39 is 32.5 Å². The van der Waals surface area contributed by atoms with Crippen molar-refractivity contribution in [2.75, 3.05) is 4.72 Å². The zero-order chi connectivity index (χ0) is 16.5. The molecule has 0 bridgehead atoms. The lowest BCUT2D eigenvalue weighted by Crippen LogP contribution is -2.16. The number of hydrogen-bond donors (Lipinski definition) is 1. The van der Waals surface area contributed by atoms with E-state index in [9.17, 15) is 26.0 Å². The minimum Gasteiger partial charge on any atom is -0.262 e. The van der Waals surface area contributed by atoms with Gasteiger partial charge in [-0.1, -0.05) is 11.6 Å². The van der Waals surface area contributed by atoms with Crippen LogP contribution in [0.5, 0.6) is 0 Å². The molecular weight excluding hydrogens is 350 g/mol. The van der Waals surface area contributed by atoms with Gasteiger partial charge in [0.05, 0.1) is 22.9 Å². The van der Waals surface area contributed by atoms with Crippen LogP contribution in [-0.2, 0) is 16.2 Å². The normalized spacial score (nSPS) is 12.2. The molecule has 0 saturated carbocycles. The van der Waals surface area contributed by atoms with Gasteiger partial charge in [-0.15, -0.1) is 0 Å². The first-order chi connectivity index (χ1) is 10.1. The number of anilines is 1. The molecule has 1 aromatic carbocycles. The molecular formula is C11H6ClF4N3O2S. The molecule has 0 aliphatic carbocycles. The van der Waals surface area contributed by atoms with Crippen LogP contribution >= 0.6 is 11.6 Å². The first-order valence-electron chi connectivity index (χ1n) is 5.47. The van der Waals surface area contributed by atoms with Gasteiger partial charge in [-0.05, 0) is 18.2 Å². The van der Waals surface area contributed by atoms with Crippen molar-refractivity contribution < 1.29 is 26.0 Å². The predicted molar refractivity (Wildman–Crippen MR) is 69.3 cm³/mol. The molecule has 0 fully saturated rings. The van der Waals surface area contributed by atoms with E-state index in [-0.39, 0.29) is 17.0 Å². The van der Waals surface area contributed by atoms with Crippen molar-refractivity contribution in [3.05, 3.63) is 47.1 Å². The van der Waals surface area contributed by atoms with Crippen molar-refractivity contribution >= 4 is 27.4 Å². The molecule has 2 aromatic rings. The summed E-state index contributed by atoms with van der Waals surface area (Å²) in [6.07, 6.45) is -2.99. The van der Waals surface area contributed by atoms with Crippen LogP contribution in [0.25, 0.3) is 0 Å². The maximum absolute atomic E-state index is 13.2. The lowest BCUT2D eigenvalue weighted by molar-refractivity contribution is -0.140. The van der Waals surface area contributed by atoms with Gasteiger partial charge in [0.25, 0.3) is 10.0 Å². The van der Waals surface area contributed by atoms with E-state index in [0.717, 1.165) is 12.4 Å². The molecule has 5 nitrogen and oxygen atoms in total. The number of nitrogens with one attached hydrogen (secondary N) is 1. The van der Waals surface area contributed by atoms with Crippen LogP contribution < -0.4 is 4.72 Å². The average Bonchev–Trinajstić information content (AvgIpc) is 2.40. The van der Waals surface area contributed by atoms with Crippen molar-refractivity contribution in [1.82, 2.24) is 9.97 Å².